The fourth-order valence-corrected chi connectivity index (χ4v) is 0. The predicted octanol–water partition coefficient (Wildman–Crippen LogP) is -6.41. The molecule has 0 heterocycles. The average molecular weight is 271 g/mol. The van der Waals surface area contributed by atoms with Crippen LogP contribution in [-0.2, 0) is 31.4 Å². The van der Waals surface area contributed by atoms with Crippen molar-refractivity contribution in [1.29, 1.82) is 0 Å². The van der Waals surface area contributed by atoms with Crippen LogP contribution in [0.1, 0.15) is 0 Å². The van der Waals surface area contributed by atoms with Gasteiger partial charge in [-0.15, -0.1) is 0 Å². The van der Waals surface area contributed by atoms with Crippen LogP contribution in [0.3, 0.4) is 0 Å². The van der Waals surface area contributed by atoms with Crippen molar-refractivity contribution >= 4 is 10.4 Å². The third-order valence-electron chi connectivity index (χ3n) is 0. The summed E-state index contributed by atoms with van der Waals surface area (Å²) < 4.78 is 42.3. The van der Waals surface area contributed by atoms with Gasteiger partial charge in [-0.05, 0) is 0 Å². The molecule has 0 saturated carbocycles. The summed E-state index contributed by atoms with van der Waals surface area (Å²) in [6, 6.07) is 0. The Bertz CT molecular complexity index is 104. The molecule has 0 aromatic rings. The summed E-state index contributed by atoms with van der Waals surface area (Å²) in [5.74, 6) is 0. The van der Waals surface area contributed by atoms with Gasteiger partial charge >= 0.3 is 21.0 Å². The fraction of sp³-hybridized carbons (Fsp3) is 0. The van der Waals surface area contributed by atoms with Crippen molar-refractivity contribution in [3.63, 3.8) is 0 Å². The van der Waals surface area contributed by atoms with Crippen molar-refractivity contribution in [2.45, 2.75) is 0 Å². The summed E-state index contributed by atoms with van der Waals surface area (Å²) in [6.45, 7) is 0. The van der Waals surface area contributed by atoms with Gasteiger partial charge < -0.3 is 42.0 Å². The van der Waals surface area contributed by atoms with Gasteiger partial charge in [0.2, 0.25) is 0 Å². The van der Waals surface area contributed by atoms with E-state index in [9.17, 15) is 0 Å². The Morgan fingerprint density at radius 1 is 0.692 bits per heavy atom. The molecule has 0 spiro atoms. The Kier molecular flexibility index (Phi) is 232. The van der Waals surface area contributed by atoms with E-state index >= 15 is 0 Å². The molecule has 89 valence electrons. The van der Waals surface area contributed by atoms with Crippen LogP contribution in [0.4, 0.5) is 0 Å². The van der Waals surface area contributed by atoms with Gasteiger partial charge in [-0.2, -0.15) is 0 Å². The van der Waals surface area contributed by atoms with Crippen LogP contribution in [0.5, 0.6) is 0 Å². The van der Waals surface area contributed by atoms with E-state index in [1.807, 2.05) is 0 Å². The van der Waals surface area contributed by atoms with E-state index in [2.05, 4.69) is 0 Å². The minimum atomic E-state index is -5.17. The van der Waals surface area contributed by atoms with E-state index in [1.54, 1.807) is 0 Å². The molecule has 0 saturated heterocycles. The van der Waals surface area contributed by atoms with Crippen molar-refractivity contribution < 1.29 is 71.4 Å². The molecule has 13 heteroatoms. The van der Waals surface area contributed by atoms with E-state index in [0.717, 1.165) is 17.4 Å². The monoisotopic (exact) mass is 271 g/mol. The topological polar surface area (TPSA) is 286 Å². The normalized spacial score (nSPS) is 4.92. The molecule has 13 heavy (non-hydrogen) atoms. The Balaban J connectivity index is -0.00000000492. The third kappa shape index (κ3) is 5800000. The number of rotatable bonds is 0. The molecule has 0 aromatic heterocycles. The number of hydrogen-bond acceptors (Lipinski definition) is 5. The summed E-state index contributed by atoms with van der Waals surface area (Å²) in [4.78, 5) is 0. The van der Waals surface area contributed by atoms with E-state index in [1.165, 1.54) is 0 Å². The van der Waals surface area contributed by atoms with Crippen LogP contribution in [0.2, 0.25) is 0 Å². The van der Waals surface area contributed by atoms with Gasteiger partial charge in [-0.25, -0.2) is 0 Å². The zero-order valence-electron chi connectivity index (χ0n) is 5.90. The Hall–Kier alpha value is 0.0144. The molecule has 0 aliphatic rings. The standard InChI is InChI=1S/H2O4S.6H2O.O.V/c1-5(2,3)4;;;;;;;;/h(H2,1,2,3,4);6*1H2;;/q;;;;;;;;+2/p-2. The van der Waals surface area contributed by atoms with Crippen LogP contribution in [0.25, 0.3) is 0 Å². The molecule has 0 atom stereocenters. The molecule has 0 aromatic carbocycles. The van der Waals surface area contributed by atoms with Gasteiger partial charge in [0.25, 0.3) is 0 Å². The van der Waals surface area contributed by atoms with Crippen molar-refractivity contribution in [1.82, 2.24) is 0 Å². The van der Waals surface area contributed by atoms with Crippen LogP contribution in [0.15, 0.2) is 0 Å². The molecule has 0 aliphatic carbocycles. The van der Waals surface area contributed by atoms with Crippen LogP contribution < -0.4 is 0 Å². The van der Waals surface area contributed by atoms with Crippen molar-refractivity contribution in [2.24, 2.45) is 0 Å². The molecular formula is H12O11SV. The Morgan fingerprint density at radius 2 is 0.692 bits per heavy atom. The van der Waals surface area contributed by atoms with E-state index < -0.39 is 10.4 Å². The first-order valence-electron chi connectivity index (χ1n) is 0.849. The molecule has 0 radical (unpaired) electrons. The van der Waals surface area contributed by atoms with Crippen LogP contribution >= 0.6 is 0 Å². The molecule has 0 aliphatic heterocycles. The van der Waals surface area contributed by atoms with E-state index in [-0.39, 0.29) is 32.9 Å². The molecule has 11 nitrogen and oxygen atoms in total. The maximum atomic E-state index is 8.52. The zero-order valence-corrected chi connectivity index (χ0v) is 8.11. The first-order chi connectivity index (χ1) is 3.00. The Morgan fingerprint density at radius 3 is 0.692 bits per heavy atom. The maximum absolute atomic E-state index is 8.52. The van der Waals surface area contributed by atoms with Crippen LogP contribution in [0, 0.1) is 0 Å². The zero-order chi connectivity index (χ0) is 6.50. The van der Waals surface area contributed by atoms with Gasteiger partial charge in [-0.3, -0.25) is 8.42 Å². The summed E-state index contributed by atoms with van der Waals surface area (Å²) in [7, 11) is -5.17. The molecule has 0 unspecified atom stereocenters. The predicted molar refractivity (Wildman–Crippen MR) is 32.8 cm³/mol. The summed E-state index contributed by atoms with van der Waals surface area (Å²) in [5.41, 5.74) is 0. The van der Waals surface area contributed by atoms with Gasteiger partial charge in [-0.1, -0.05) is 0 Å². The molecular weight excluding hydrogens is 259 g/mol. The molecule has 0 bridgehead atoms. The number of hydrogen-bond donors (Lipinski definition) is 0. The molecule has 0 rings (SSSR count). The van der Waals surface area contributed by atoms with Gasteiger partial charge in [0.1, 0.15) is 0 Å². The van der Waals surface area contributed by atoms with E-state index in [0.29, 0.717) is 0 Å². The van der Waals surface area contributed by atoms with E-state index in [4.69, 9.17) is 21.2 Å². The molecule has 12 N–H and O–H groups in total. The second-order valence-corrected chi connectivity index (χ2v) is 1.22. The summed E-state index contributed by atoms with van der Waals surface area (Å²) in [6.07, 6.45) is 0. The van der Waals surface area contributed by atoms with Gasteiger partial charge in [0.05, 0.1) is 0 Å². The van der Waals surface area contributed by atoms with Crippen molar-refractivity contribution in [3.8, 4) is 0 Å². The SMILES string of the molecule is O.O.O.O.O.O.O=S(=O)([O-])[O-].[O]=[V+2]. The summed E-state index contributed by atoms with van der Waals surface area (Å²) >= 11 is 1.06. The molecule has 0 amide bonds. The first kappa shape index (κ1) is 74.7. The molecule has 0 fully saturated rings. The van der Waals surface area contributed by atoms with Crippen LogP contribution in [-0.4, -0.2) is 50.4 Å². The summed E-state index contributed by atoms with van der Waals surface area (Å²) in [5, 5.41) is 0. The average Bonchev–Trinajstić information content (AvgIpc) is 1.36. The second kappa shape index (κ2) is 40.3. The quantitative estimate of drug-likeness (QED) is 0.305. The second-order valence-electron chi connectivity index (χ2n) is 0.408. The minimum absolute atomic E-state index is 0. The van der Waals surface area contributed by atoms with Gasteiger partial charge in [0, 0.05) is 10.4 Å². The first-order valence-corrected chi connectivity index (χ1v) is 2.75. The van der Waals surface area contributed by atoms with Crippen molar-refractivity contribution in [3.05, 3.63) is 0 Å². The third-order valence-corrected chi connectivity index (χ3v) is 0. The Labute approximate surface area is 82.4 Å². The fourth-order valence-electron chi connectivity index (χ4n) is 0. The van der Waals surface area contributed by atoms with Gasteiger partial charge in [0.15, 0.2) is 0 Å². The van der Waals surface area contributed by atoms with Crippen molar-refractivity contribution in [2.75, 3.05) is 0 Å².